The second-order valence-electron chi connectivity index (χ2n) is 7.48. The Labute approximate surface area is 169 Å². The van der Waals surface area contributed by atoms with Gasteiger partial charge in [-0.25, -0.2) is 4.98 Å². The number of hydrogen-bond donors (Lipinski definition) is 2. The van der Waals surface area contributed by atoms with Gasteiger partial charge in [-0.1, -0.05) is 55.0 Å². The zero-order chi connectivity index (χ0) is 19.6. The highest BCUT2D eigenvalue weighted by molar-refractivity contribution is 6.13. The van der Waals surface area contributed by atoms with Crippen molar-refractivity contribution in [3.05, 3.63) is 77.5 Å². The van der Waals surface area contributed by atoms with Crippen molar-refractivity contribution >= 4 is 22.6 Å². The van der Waals surface area contributed by atoms with Crippen LogP contribution in [0.2, 0.25) is 0 Å². The maximum atomic E-state index is 13.3. The topological polar surface area (TPSA) is 70.7 Å². The van der Waals surface area contributed by atoms with Gasteiger partial charge in [0.2, 0.25) is 0 Å². The highest BCUT2D eigenvalue weighted by Gasteiger charge is 2.20. The standard InChI is InChI=1S/C24H22N4O/c29-24(26-23-18-12-5-2-6-14-21(18)27-28-23)19-15-22(16-9-3-1-4-10-16)25-20-13-8-7-11-17(19)20/h1,3-4,7-11,13,15H,2,5-6,12,14H2,(H2,26,27,28,29). The van der Waals surface area contributed by atoms with Gasteiger partial charge in [0.05, 0.1) is 16.8 Å². The summed E-state index contributed by atoms with van der Waals surface area (Å²) in [6.07, 6.45) is 5.46. The number of nitrogens with zero attached hydrogens (tertiary/aromatic N) is 2. The van der Waals surface area contributed by atoms with Gasteiger partial charge in [0.25, 0.3) is 5.91 Å². The molecule has 0 unspecified atom stereocenters. The summed E-state index contributed by atoms with van der Waals surface area (Å²) < 4.78 is 0. The predicted molar refractivity (Wildman–Crippen MR) is 115 cm³/mol. The summed E-state index contributed by atoms with van der Waals surface area (Å²) in [5, 5.41) is 11.4. The Morgan fingerprint density at radius 3 is 2.62 bits per heavy atom. The number of aromatic nitrogens is 3. The van der Waals surface area contributed by atoms with Crippen LogP contribution in [-0.4, -0.2) is 21.1 Å². The van der Waals surface area contributed by atoms with Crippen LogP contribution in [0.3, 0.4) is 0 Å². The minimum atomic E-state index is -0.153. The number of aryl methyl sites for hydroxylation is 1. The van der Waals surface area contributed by atoms with Gasteiger partial charge < -0.3 is 5.32 Å². The van der Waals surface area contributed by atoms with E-state index in [-0.39, 0.29) is 5.91 Å². The molecule has 2 heterocycles. The molecule has 2 aromatic carbocycles. The number of para-hydroxylation sites is 1. The molecule has 1 aliphatic carbocycles. The Morgan fingerprint density at radius 1 is 0.931 bits per heavy atom. The number of amides is 1. The van der Waals surface area contributed by atoms with E-state index in [4.69, 9.17) is 4.98 Å². The molecule has 0 saturated heterocycles. The second kappa shape index (κ2) is 7.51. The molecule has 5 nitrogen and oxygen atoms in total. The summed E-state index contributed by atoms with van der Waals surface area (Å²) in [5.74, 6) is 0.508. The molecule has 0 spiro atoms. The van der Waals surface area contributed by atoms with Crippen LogP contribution < -0.4 is 5.32 Å². The van der Waals surface area contributed by atoms with E-state index in [9.17, 15) is 4.79 Å². The normalized spacial score (nSPS) is 13.7. The van der Waals surface area contributed by atoms with Crippen molar-refractivity contribution < 1.29 is 4.79 Å². The first-order valence-electron chi connectivity index (χ1n) is 10.1. The molecule has 29 heavy (non-hydrogen) atoms. The number of nitrogens with one attached hydrogen (secondary N) is 2. The quantitative estimate of drug-likeness (QED) is 0.482. The van der Waals surface area contributed by atoms with E-state index >= 15 is 0 Å². The van der Waals surface area contributed by atoms with Gasteiger partial charge in [-0.05, 0) is 37.8 Å². The van der Waals surface area contributed by atoms with Crippen molar-refractivity contribution in [1.82, 2.24) is 15.2 Å². The third kappa shape index (κ3) is 3.40. The van der Waals surface area contributed by atoms with Crippen LogP contribution in [0.25, 0.3) is 22.2 Å². The number of carbonyl (C=O) groups excluding carboxylic acids is 1. The van der Waals surface area contributed by atoms with Crippen molar-refractivity contribution in [3.63, 3.8) is 0 Å². The lowest BCUT2D eigenvalue weighted by Crippen LogP contribution is -2.14. The van der Waals surface area contributed by atoms with E-state index in [1.807, 2.05) is 60.7 Å². The average Bonchev–Trinajstić information content (AvgIpc) is 2.99. The number of hydrogen-bond acceptors (Lipinski definition) is 3. The molecule has 0 saturated carbocycles. The smallest absolute Gasteiger partial charge is 0.257 e. The van der Waals surface area contributed by atoms with Crippen molar-refractivity contribution in [1.29, 1.82) is 0 Å². The number of carbonyl (C=O) groups is 1. The average molecular weight is 382 g/mol. The largest absolute Gasteiger partial charge is 0.305 e. The molecule has 0 bridgehead atoms. The highest BCUT2D eigenvalue weighted by atomic mass is 16.1. The van der Waals surface area contributed by atoms with Crippen molar-refractivity contribution in [2.45, 2.75) is 32.1 Å². The SMILES string of the molecule is O=C(Nc1n[nH]c2c1CCCCC2)c1cc(-c2ccccc2)nc2ccccc12. The number of H-pyrrole nitrogens is 1. The molecule has 144 valence electrons. The molecule has 2 aromatic heterocycles. The fourth-order valence-corrected chi connectivity index (χ4v) is 4.06. The van der Waals surface area contributed by atoms with Crippen LogP contribution in [0.15, 0.2) is 60.7 Å². The van der Waals surface area contributed by atoms with Gasteiger partial charge in [-0.15, -0.1) is 0 Å². The fraction of sp³-hybridized carbons (Fsp3) is 0.208. The van der Waals surface area contributed by atoms with Gasteiger partial charge in [-0.3, -0.25) is 9.89 Å². The van der Waals surface area contributed by atoms with Gasteiger partial charge in [0, 0.05) is 22.2 Å². The lowest BCUT2D eigenvalue weighted by molar-refractivity contribution is 0.102. The van der Waals surface area contributed by atoms with Crippen LogP contribution in [0.5, 0.6) is 0 Å². The maximum Gasteiger partial charge on any atom is 0.257 e. The summed E-state index contributed by atoms with van der Waals surface area (Å²) in [7, 11) is 0. The number of aromatic amines is 1. The molecular formula is C24H22N4O. The number of rotatable bonds is 3. The first kappa shape index (κ1) is 17.6. The Bertz CT molecular complexity index is 1180. The van der Waals surface area contributed by atoms with E-state index in [2.05, 4.69) is 15.5 Å². The van der Waals surface area contributed by atoms with E-state index in [1.54, 1.807) is 0 Å². The summed E-state index contributed by atoms with van der Waals surface area (Å²) in [5.41, 5.74) is 5.50. The van der Waals surface area contributed by atoms with Gasteiger partial charge in [0.15, 0.2) is 5.82 Å². The van der Waals surface area contributed by atoms with Crippen LogP contribution in [0.1, 0.15) is 40.9 Å². The molecule has 2 N–H and O–H groups in total. The van der Waals surface area contributed by atoms with E-state index in [1.165, 1.54) is 6.42 Å². The Kier molecular flexibility index (Phi) is 4.56. The van der Waals surface area contributed by atoms with E-state index in [0.717, 1.165) is 59.1 Å². The molecule has 0 radical (unpaired) electrons. The van der Waals surface area contributed by atoms with Crippen LogP contribution in [-0.2, 0) is 12.8 Å². The van der Waals surface area contributed by atoms with Crippen molar-refractivity contribution in [2.24, 2.45) is 0 Å². The van der Waals surface area contributed by atoms with Crippen molar-refractivity contribution in [2.75, 3.05) is 5.32 Å². The van der Waals surface area contributed by atoms with E-state index < -0.39 is 0 Å². The first-order valence-corrected chi connectivity index (χ1v) is 10.1. The Hall–Kier alpha value is -3.47. The zero-order valence-electron chi connectivity index (χ0n) is 16.1. The maximum absolute atomic E-state index is 13.3. The monoisotopic (exact) mass is 382 g/mol. The Balaban J connectivity index is 1.56. The van der Waals surface area contributed by atoms with Crippen molar-refractivity contribution in [3.8, 4) is 11.3 Å². The van der Waals surface area contributed by atoms with E-state index in [0.29, 0.717) is 11.4 Å². The molecule has 1 aliphatic rings. The fourth-order valence-electron chi connectivity index (χ4n) is 4.06. The molecular weight excluding hydrogens is 360 g/mol. The molecule has 1 amide bonds. The summed E-state index contributed by atoms with van der Waals surface area (Å²) >= 11 is 0. The molecule has 0 atom stereocenters. The summed E-state index contributed by atoms with van der Waals surface area (Å²) in [4.78, 5) is 18.1. The van der Waals surface area contributed by atoms with Gasteiger partial charge >= 0.3 is 0 Å². The summed E-state index contributed by atoms with van der Waals surface area (Å²) in [6, 6.07) is 19.6. The third-order valence-corrected chi connectivity index (χ3v) is 5.57. The molecule has 0 fully saturated rings. The third-order valence-electron chi connectivity index (χ3n) is 5.57. The highest BCUT2D eigenvalue weighted by Crippen LogP contribution is 2.28. The molecule has 5 heteroatoms. The first-order chi connectivity index (χ1) is 14.3. The number of fused-ring (bicyclic) bond motifs is 2. The minimum absolute atomic E-state index is 0.153. The van der Waals surface area contributed by atoms with Gasteiger partial charge in [-0.2, -0.15) is 5.10 Å². The minimum Gasteiger partial charge on any atom is -0.305 e. The van der Waals surface area contributed by atoms with Crippen LogP contribution in [0, 0.1) is 0 Å². The molecule has 4 aromatic rings. The number of benzene rings is 2. The zero-order valence-corrected chi connectivity index (χ0v) is 16.1. The predicted octanol–water partition coefficient (Wildman–Crippen LogP) is 5.15. The van der Waals surface area contributed by atoms with Crippen LogP contribution in [0.4, 0.5) is 5.82 Å². The lowest BCUT2D eigenvalue weighted by atomic mass is 10.0. The Morgan fingerprint density at radius 2 is 1.72 bits per heavy atom. The molecule has 0 aliphatic heterocycles. The summed E-state index contributed by atoms with van der Waals surface area (Å²) in [6.45, 7) is 0. The number of pyridine rings is 1. The second-order valence-corrected chi connectivity index (χ2v) is 7.48. The van der Waals surface area contributed by atoms with Gasteiger partial charge in [0.1, 0.15) is 0 Å². The number of anilines is 1. The lowest BCUT2D eigenvalue weighted by Gasteiger charge is -2.10. The molecule has 5 rings (SSSR count). The van der Waals surface area contributed by atoms with Crippen LogP contribution >= 0.6 is 0 Å².